The molecule has 0 aromatic heterocycles. The molecule has 6 nitrogen and oxygen atoms in total. The first kappa shape index (κ1) is 22.6. The van der Waals surface area contributed by atoms with Crippen LogP contribution in [0.15, 0.2) is 46.0 Å². The number of ether oxygens (including phenoxy) is 1. The highest BCUT2D eigenvalue weighted by Gasteiger charge is 2.09. The fourth-order valence-electron chi connectivity index (χ4n) is 2.51. The monoisotopic (exact) mass is 459 g/mol. The summed E-state index contributed by atoms with van der Waals surface area (Å²) in [7, 11) is 0. The highest BCUT2D eigenvalue weighted by Crippen LogP contribution is 2.26. The summed E-state index contributed by atoms with van der Waals surface area (Å²) in [5.74, 6) is 0.217. The molecule has 2 N–H and O–H groups in total. The Kier molecular flexibility index (Phi) is 8.39. The summed E-state index contributed by atoms with van der Waals surface area (Å²) in [4.78, 5) is 24.0. The standard InChI is InChI=1S/C22H26BrN3O3/c1-14(2)29-20-9-8-17(12-18(20)23)13-24-26-22(28)11-10-21(27)25-19-7-5-6-15(3)16(19)4/h5-9,12-14H,10-11H2,1-4H3,(H,25,27)(H,26,28). The zero-order chi connectivity index (χ0) is 21.4. The van der Waals surface area contributed by atoms with Gasteiger partial charge in [0.15, 0.2) is 0 Å². The smallest absolute Gasteiger partial charge is 0.240 e. The molecule has 7 heteroatoms. The third kappa shape index (κ3) is 7.34. The van der Waals surface area contributed by atoms with E-state index in [2.05, 4.69) is 31.8 Å². The number of aryl methyl sites for hydroxylation is 1. The maximum absolute atomic E-state index is 12.1. The van der Waals surface area contributed by atoms with Crippen molar-refractivity contribution >= 4 is 39.6 Å². The molecule has 0 radical (unpaired) electrons. The van der Waals surface area contributed by atoms with Crippen LogP contribution in [0.5, 0.6) is 5.75 Å². The number of amides is 2. The molecule has 0 fully saturated rings. The van der Waals surface area contributed by atoms with Crippen molar-refractivity contribution in [3.05, 3.63) is 57.6 Å². The van der Waals surface area contributed by atoms with Gasteiger partial charge in [-0.3, -0.25) is 9.59 Å². The fraction of sp³-hybridized carbons (Fsp3) is 0.318. The Hall–Kier alpha value is -2.67. The van der Waals surface area contributed by atoms with Crippen LogP contribution in [-0.4, -0.2) is 24.1 Å². The Labute approximate surface area is 179 Å². The number of carbonyl (C=O) groups is 2. The van der Waals surface area contributed by atoms with Crippen LogP contribution in [0.2, 0.25) is 0 Å². The first-order valence-electron chi connectivity index (χ1n) is 9.40. The van der Waals surface area contributed by atoms with E-state index in [0.29, 0.717) is 0 Å². The topological polar surface area (TPSA) is 79.8 Å². The molecule has 0 unspecified atom stereocenters. The van der Waals surface area contributed by atoms with Gasteiger partial charge in [-0.2, -0.15) is 5.10 Å². The quantitative estimate of drug-likeness (QED) is 0.442. The first-order valence-corrected chi connectivity index (χ1v) is 10.2. The van der Waals surface area contributed by atoms with Crippen molar-refractivity contribution in [2.75, 3.05) is 5.32 Å². The zero-order valence-electron chi connectivity index (χ0n) is 17.1. The molecular formula is C22H26BrN3O3. The van der Waals surface area contributed by atoms with Crippen LogP contribution in [0.3, 0.4) is 0 Å². The predicted octanol–water partition coefficient (Wildman–Crippen LogP) is 4.72. The van der Waals surface area contributed by atoms with Crippen LogP contribution in [0.4, 0.5) is 5.69 Å². The number of hydrogen-bond acceptors (Lipinski definition) is 4. The molecule has 0 atom stereocenters. The van der Waals surface area contributed by atoms with Gasteiger partial charge in [0.1, 0.15) is 5.75 Å². The second-order valence-electron chi connectivity index (χ2n) is 6.95. The lowest BCUT2D eigenvalue weighted by Crippen LogP contribution is -2.21. The van der Waals surface area contributed by atoms with Gasteiger partial charge in [0, 0.05) is 18.5 Å². The third-order valence-corrected chi connectivity index (χ3v) is 4.80. The molecule has 0 aliphatic heterocycles. The Bertz CT molecular complexity index is 910. The molecule has 0 aliphatic carbocycles. The lowest BCUT2D eigenvalue weighted by atomic mass is 10.1. The van der Waals surface area contributed by atoms with Crippen molar-refractivity contribution in [2.45, 2.75) is 46.6 Å². The van der Waals surface area contributed by atoms with Crippen LogP contribution in [-0.2, 0) is 9.59 Å². The second-order valence-corrected chi connectivity index (χ2v) is 7.80. The number of hydrazone groups is 1. The molecule has 29 heavy (non-hydrogen) atoms. The van der Waals surface area contributed by atoms with Gasteiger partial charge in [0.25, 0.3) is 0 Å². The third-order valence-electron chi connectivity index (χ3n) is 4.18. The summed E-state index contributed by atoms with van der Waals surface area (Å²) in [6.07, 6.45) is 1.76. The van der Waals surface area contributed by atoms with E-state index >= 15 is 0 Å². The van der Waals surface area contributed by atoms with E-state index < -0.39 is 0 Å². The summed E-state index contributed by atoms with van der Waals surface area (Å²) in [5, 5.41) is 6.78. The van der Waals surface area contributed by atoms with Gasteiger partial charge in [0.2, 0.25) is 11.8 Å². The molecule has 0 saturated carbocycles. The van der Waals surface area contributed by atoms with E-state index in [1.165, 1.54) is 6.21 Å². The predicted molar refractivity (Wildman–Crippen MR) is 119 cm³/mol. The van der Waals surface area contributed by atoms with Crippen LogP contribution in [0, 0.1) is 13.8 Å². The minimum absolute atomic E-state index is 0.0545. The molecule has 2 amide bonds. The van der Waals surface area contributed by atoms with Gasteiger partial charge in [-0.05, 0) is 84.6 Å². The Balaban J connectivity index is 1.80. The van der Waals surface area contributed by atoms with E-state index in [1.807, 2.05) is 64.1 Å². The molecule has 2 aromatic carbocycles. The number of carbonyl (C=O) groups excluding carboxylic acids is 2. The van der Waals surface area contributed by atoms with Gasteiger partial charge in [-0.25, -0.2) is 5.43 Å². The summed E-state index contributed by atoms with van der Waals surface area (Å²) in [6.45, 7) is 7.85. The van der Waals surface area contributed by atoms with E-state index in [1.54, 1.807) is 0 Å². The molecule has 2 aromatic rings. The van der Waals surface area contributed by atoms with Gasteiger partial charge < -0.3 is 10.1 Å². The van der Waals surface area contributed by atoms with E-state index in [9.17, 15) is 9.59 Å². The van der Waals surface area contributed by atoms with Gasteiger partial charge >= 0.3 is 0 Å². The molecule has 0 bridgehead atoms. The van der Waals surface area contributed by atoms with E-state index in [-0.39, 0.29) is 30.8 Å². The lowest BCUT2D eigenvalue weighted by Gasteiger charge is -2.11. The normalized spacial score (nSPS) is 11.0. The summed E-state index contributed by atoms with van der Waals surface area (Å²) in [6, 6.07) is 11.3. The zero-order valence-corrected chi connectivity index (χ0v) is 18.7. The largest absolute Gasteiger partial charge is 0.490 e. The summed E-state index contributed by atoms with van der Waals surface area (Å²) in [5.41, 5.74) is 6.14. The number of rotatable bonds is 8. The SMILES string of the molecule is Cc1cccc(NC(=O)CCC(=O)NN=Cc2ccc(OC(C)C)c(Br)c2)c1C. The molecular weight excluding hydrogens is 434 g/mol. The van der Waals surface area contributed by atoms with E-state index in [0.717, 1.165) is 32.6 Å². The number of nitrogens with one attached hydrogen (secondary N) is 2. The number of benzene rings is 2. The fourth-order valence-corrected chi connectivity index (χ4v) is 3.00. The summed E-state index contributed by atoms with van der Waals surface area (Å²) < 4.78 is 6.46. The van der Waals surface area contributed by atoms with Crippen molar-refractivity contribution in [1.82, 2.24) is 5.43 Å². The van der Waals surface area contributed by atoms with Crippen molar-refractivity contribution in [2.24, 2.45) is 5.10 Å². The van der Waals surface area contributed by atoms with Crippen LogP contribution >= 0.6 is 15.9 Å². The van der Waals surface area contributed by atoms with Crippen LogP contribution in [0.1, 0.15) is 43.4 Å². The Morgan fingerprint density at radius 3 is 2.55 bits per heavy atom. The van der Waals surface area contributed by atoms with Crippen molar-refractivity contribution in [1.29, 1.82) is 0 Å². The van der Waals surface area contributed by atoms with Gasteiger partial charge in [0.05, 0.1) is 16.8 Å². The lowest BCUT2D eigenvalue weighted by molar-refractivity contribution is -0.124. The average Bonchev–Trinajstić information content (AvgIpc) is 2.66. The molecule has 2 rings (SSSR count). The highest BCUT2D eigenvalue weighted by atomic mass is 79.9. The average molecular weight is 460 g/mol. The minimum atomic E-state index is -0.323. The Morgan fingerprint density at radius 2 is 1.86 bits per heavy atom. The molecule has 0 saturated heterocycles. The van der Waals surface area contributed by atoms with Gasteiger partial charge in [-0.1, -0.05) is 12.1 Å². The Morgan fingerprint density at radius 1 is 1.14 bits per heavy atom. The summed E-state index contributed by atoms with van der Waals surface area (Å²) >= 11 is 3.46. The molecule has 0 heterocycles. The molecule has 0 aliphatic rings. The maximum atomic E-state index is 12.1. The van der Waals surface area contributed by atoms with Crippen LogP contribution in [0.25, 0.3) is 0 Å². The maximum Gasteiger partial charge on any atom is 0.240 e. The highest BCUT2D eigenvalue weighted by molar-refractivity contribution is 9.10. The van der Waals surface area contributed by atoms with Crippen molar-refractivity contribution in [3.8, 4) is 5.75 Å². The second kappa shape index (κ2) is 10.8. The number of hydrogen-bond donors (Lipinski definition) is 2. The number of halogens is 1. The van der Waals surface area contributed by atoms with Crippen LogP contribution < -0.4 is 15.5 Å². The number of anilines is 1. The van der Waals surface area contributed by atoms with Crippen molar-refractivity contribution < 1.29 is 14.3 Å². The van der Waals surface area contributed by atoms with E-state index in [4.69, 9.17) is 4.74 Å². The molecule has 0 spiro atoms. The molecule has 154 valence electrons. The first-order chi connectivity index (χ1) is 13.8. The van der Waals surface area contributed by atoms with Gasteiger partial charge in [-0.15, -0.1) is 0 Å². The van der Waals surface area contributed by atoms with Crippen molar-refractivity contribution in [3.63, 3.8) is 0 Å². The minimum Gasteiger partial charge on any atom is -0.490 e. The number of nitrogens with zero attached hydrogens (tertiary/aromatic N) is 1.